The van der Waals surface area contributed by atoms with E-state index < -0.39 is 0 Å². The SMILES string of the molecule is CN(C)c1cccc(C(=O)N2CCC3(CC2)C[C@@H](N(C)Cc2cccnc2)CO3)c1. The van der Waals surface area contributed by atoms with Gasteiger partial charge in [-0.1, -0.05) is 12.1 Å². The van der Waals surface area contributed by atoms with Gasteiger partial charge in [0.25, 0.3) is 5.91 Å². The highest BCUT2D eigenvalue weighted by atomic mass is 16.5. The van der Waals surface area contributed by atoms with Crippen LogP contribution in [-0.2, 0) is 11.3 Å². The van der Waals surface area contributed by atoms with E-state index in [9.17, 15) is 4.79 Å². The number of piperidine rings is 1. The van der Waals surface area contributed by atoms with Crippen molar-refractivity contribution in [1.82, 2.24) is 14.8 Å². The van der Waals surface area contributed by atoms with Gasteiger partial charge in [0.05, 0.1) is 12.2 Å². The minimum atomic E-state index is -0.0872. The average Bonchev–Trinajstić information content (AvgIpc) is 3.18. The number of hydrogen-bond acceptors (Lipinski definition) is 5. The zero-order valence-electron chi connectivity index (χ0n) is 18.3. The van der Waals surface area contributed by atoms with Crippen LogP contribution in [0.4, 0.5) is 5.69 Å². The van der Waals surface area contributed by atoms with Crippen molar-refractivity contribution in [2.45, 2.75) is 37.5 Å². The lowest BCUT2D eigenvalue weighted by Crippen LogP contribution is -2.47. The lowest BCUT2D eigenvalue weighted by molar-refractivity contribution is -0.0393. The largest absolute Gasteiger partial charge is 0.378 e. The van der Waals surface area contributed by atoms with Gasteiger partial charge in [-0.2, -0.15) is 0 Å². The zero-order valence-corrected chi connectivity index (χ0v) is 18.3. The van der Waals surface area contributed by atoms with Crippen molar-refractivity contribution in [3.05, 3.63) is 59.9 Å². The highest BCUT2D eigenvalue weighted by Crippen LogP contribution is 2.38. The molecule has 0 N–H and O–H groups in total. The number of amides is 1. The van der Waals surface area contributed by atoms with Gasteiger partial charge >= 0.3 is 0 Å². The van der Waals surface area contributed by atoms with Crippen LogP contribution in [0, 0.1) is 0 Å². The van der Waals surface area contributed by atoms with Crippen LogP contribution in [0.5, 0.6) is 0 Å². The fourth-order valence-electron chi connectivity index (χ4n) is 4.58. The first-order valence-electron chi connectivity index (χ1n) is 10.8. The maximum absolute atomic E-state index is 13.0. The third kappa shape index (κ3) is 4.50. The molecule has 2 saturated heterocycles. The summed E-state index contributed by atoms with van der Waals surface area (Å²) in [5.41, 5.74) is 2.95. The number of aromatic nitrogens is 1. The molecule has 0 bridgehead atoms. The summed E-state index contributed by atoms with van der Waals surface area (Å²) in [6.07, 6.45) is 6.58. The van der Waals surface area contributed by atoms with Crippen LogP contribution in [0.15, 0.2) is 48.8 Å². The van der Waals surface area contributed by atoms with Crippen molar-refractivity contribution in [1.29, 1.82) is 0 Å². The molecule has 0 radical (unpaired) electrons. The molecule has 1 aromatic carbocycles. The van der Waals surface area contributed by atoms with E-state index in [1.165, 1.54) is 5.56 Å². The molecule has 2 aliphatic heterocycles. The molecule has 6 heteroatoms. The number of pyridine rings is 1. The maximum atomic E-state index is 13.0. The van der Waals surface area contributed by atoms with Crippen molar-refractivity contribution in [2.24, 2.45) is 0 Å². The normalized spacial score (nSPS) is 20.7. The van der Waals surface area contributed by atoms with Gasteiger partial charge in [0, 0.05) is 63.4 Å². The average molecular weight is 409 g/mol. The molecule has 2 fully saturated rings. The Bertz CT molecular complexity index is 863. The number of benzene rings is 1. The summed E-state index contributed by atoms with van der Waals surface area (Å²) in [7, 11) is 6.15. The molecule has 0 aliphatic carbocycles. The van der Waals surface area contributed by atoms with Crippen LogP contribution in [0.3, 0.4) is 0 Å². The second-order valence-electron chi connectivity index (χ2n) is 8.87. The Morgan fingerprint density at radius 1 is 1.20 bits per heavy atom. The highest BCUT2D eigenvalue weighted by Gasteiger charge is 2.44. The summed E-state index contributed by atoms with van der Waals surface area (Å²) in [6.45, 7) is 3.15. The second kappa shape index (κ2) is 8.74. The smallest absolute Gasteiger partial charge is 0.253 e. The first-order valence-corrected chi connectivity index (χ1v) is 10.8. The predicted molar refractivity (Wildman–Crippen MR) is 119 cm³/mol. The molecular weight excluding hydrogens is 376 g/mol. The van der Waals surface area contributed by atoms with Crippen LogP contribution in [0.25, 0.3) is 0 Å². The Labute approximate surface area is 179 Å². The highest BCUT2D eigenvalue weighted by molar-refractivity contribution is 5.95. The fraction of sp³-hybridized carbons (Fsp3) is 0.500. The van der Waals surface area contributed by atoms with Crippen LogP contribution in [0.2, 0.25) is 0 Å². The van der Waals surface area contributed by atoms with Crippen LogP contribution in [0.1, 0.15) is 35.2 Å². The van der Waals surface area contributed by atoms with E-state index in [-0.39, 0.29) is 11.5 Å². The Balaban J connectivity index is 1.33. The van der Waals surface area contributed by atoms with E-state index in [1.54, 1.807) is 0 Å². The number of nitrogens with zero attached hydrogens (tertiary/aromatic N) is 4. The molecule has 30 heavy (non-hydrogen) atoms. The summed E-state index contributed by atoms with van der Waals surface area (Å²) in [5, 5.41) is 0. The number of rotatable bonds is 5. The molecule has 1 atom stereocenters. The summed E-state index contributed by atoms with van der Waals surface area (Å²) in [5.74, 6) is 0.122. The number of likely N-dealkylation sites (tertiary alicyclic amines) is 1. The second-order valence-corrected chi connectivity index (χ2v) is 8.87. The molecule has 1 aromatic heterocycles. The molecular formula is C24H32N4O2. The quantitative estimate of drug-likeness (QED) is 0.761. The van der Waals surface area contributed by atoms with E-state index in [0.29, 0.717) is 6.04 Å². The van der Waals surface area contributed by atoms with Crippen LogP contribution < -0.4 is 4.90 Å². The molecule has 0 unspecified atom stereocenters. The molecule has 1 spiro atoms. The first-order chi connectivity index (χ1) is 14.5. The standard InChI is InChI=1S/C24H32N4O2/c1-26(2)21-8-4-7-20(14-21)23(29)28-12-9-24(10-13-28)15-22(18-30-24)27(3)17-19-6-5-11-25-16-19/h4-8,11,14,16,22H,9-10,12-13,15,17-18H2,1-3H3/t22-/m1/s1. The molecule has 160 valence electrons. The Morgan fingerprint density at radius 2 is 2.00 bits per heavy atom. The number of ether oxygens (including phenoxy) is 1. The molecule has 6 nitrogen and oxygen atoms in total. The van der Waals surface area contributed by atoms with Gasteiger partial charge < -0.3 is 14.5 Å². The monoisotopic (exact) mass is 408 g/mol. The minimum absolute atomic E-state index is 0.0872. The van der Waals surface area contributed by atoms with Gasteiger partial charge in [-0.25, -0.2) is 0 Å². The van der Waals surface area contributed by atoms with Crippen molar-refractivity contribution >= 4 is 11.6 Å². The van der Waals surface area contributed by atoms with Crippen molar-refractivity contribution in [2.75, 3.05) is 45.7 Å². The topological polar surface area (TPSA) is 48.9 Å². The van der Waals surface area contributed by atoms with E-state index >= 15 is 0 Å². The minimum Gasteiger partial charge on any atom is -0.378 e. The van der Waals surface area contributed by atoms with Gasteiger partial charge in [-0.15, -0.1) is 0 Å². The summed E-state index contributed by atoms with van der Waals surface area (Å²) < 4.78 is 6.34. The molecule has 3 heterocycles. The number of carbonyl (C=O) groups excluding carboxylic acids is 1. The van der Waals surface area contributed by atoms with E-state index in [0.717, 1.165) is 56.8 Å². The summed E-state index contributed by atoms with van der Waals surface area (Å²) >= 11 is 0. The fourth-order valence-corrected chi connectivity index (χ4v) is 4.58. The number of carbonyl (C=O) groups is 1. The third-order valence-corrected chi connectivity index (χ3v) is 6.54. The maximum Gasteiger partial charge on any atom is 0.253 e. The van der Waals surface area contributed by atoms with Crippen molar-refractivity contribution in [3.8, 4) is 0 Å². The summed E-state index contributed by atoms with van der Waals surface area (Å²) in [6, 6.07) is 12.4. The predicted octanol–water partition coefficient (Wildman–Crippen LogP) is 3.04. The van der Waals surface area contributed by atoms with Crippen molar-refractivity contribution < 1.29 is 9.53 Å². The molecule has 4 rings (SSSR count). The number of likely N-dealkylation sites (N-methyl/N-ethyl adjacent to an activating group) is 1. The van der Waals surface area contributed by atoms with Gasteiger partial charge in [0.15, 0.2) is 0 Å². The van der Waals surface area contributed by atoms with E-state index in [4.69, 9.17) is 4.74 Å². The van der Waals surface area contributed by atoms with E-state index in [1.807, 2.05) is 66.6 Å². The Morgan fingerprint density at radius 3 is 2.70 bits per heavy atom. The van der Waals surface area contributed by atoms with Crippen LogP contribution >= 0.6 is 0 Å². The van der Waals surface area contributed by atoms with Crippen LogP contribution in [-0.4, -0.2) is 73.2 Å². The van der Waals surface area contributed by atoms with Gasteiger partial charge in [0.2, 0.25) is 0 Å². The molecule has 2 aromatic rings. The van der Waals surface area contributed by atoms with Gasteiger partial charge in [-0.3, -0.25) is 14.7 Å². The zero-order chi connectivity index (χ0) is 21.1. The first kappa shape index (κ1) is 20.8. The molecule has 0 saturated carbocycles. The lowest BCUT2D eigenvalue weighted by atomic mass is 9.87. The third-order valence-electron chi connectivity index (χ3n) is 6.54. The van der Waals surface area contributed by atoms with E-state index in [2.05, 4.69) is 23.0 Å². The summed E-state index contributed by atoms with van der Waals surface area (Å²) in [4.78, 5) is 23.6. The van der Waals surface area contributed by atoms with Gasteiger partial charge in [-0.05, 0) is 56.1 Å². The Kier molecular flexibility index (Phi) is 6.06. The van der Waals surface area contributed by atoms with Crippen molar-refractivity contribution in [3.63, 3.8) is 0 Å². The number of hydrogen-bond donors (Lipinski definition) is 0. The molecule has 1 amide bonds. The molecule has 2 aliphatic rings. The lowest BCUT2D eigenvalue weighted by Gasteiger charge is -2.39. The van der Waals surface area contributed by atoms with Gasteiger partial charge in [0.1, 0.15) is 0 Å². The Hall–Kier alpha value is -2.44. The number of anilines is 1.